The highest BCUT2D eigenvalue weighted by Crippen LogP contribution is 2.43. The zero-order chi connectivity index (χ0) is 15.1. The number of carboxylic acids is 1. The highest BCUT2D eigenvalue weighted by atomic mass is 16.5. The van der Waals surface area contributed by atoms with Crippen LogP contribution >= 0.6 is 0 Å². The average molecular weight is 276 g/mol. The molecule has 0 saturated carbocycles. The van der Waals surface area contributed by atoms with E-state index in [4.69, 9.17) is 4.74 Å². The molecule has 1 aromatic carbocycles. The molecule has 3 nitrogen and oxygen atoms in total. The molecule has 0 fully saturated rings. The number of aliphatic carboxylic acids is 1. The molecule has 20 heavy (non-hydrogen) atoms. The lowest BCUT2D eigenvalue weighted by Crippen LogP contribution is -2.51. The summed E-state index contributed by atoms with van der Waals surface area (Å²) in [4.78, 5) is 11.7. The first kappa shape index (κ1) is 14.9. The standard InChI is InChI=1S/C17H24O3/c1-6-7-13-9-14-11(3)8-10(2)12(4)15(14)20-17(13,5)16(18)19/h8,13H,6-7,9H2,1-5H3,(H,18,19). The SMILES string of the molecule is CCCC1Cc2c(C)cc(C)c(C)c2OC1(C)C(=O)O. The van der Waals surface area contributed by atoms with E-state index in [9.17, 15) is 9.90 Å². The normalized spacial score (nSPS) is 24.9. The van der Waals surface area contributed by atoms with E-state index in [0.717, 1.165) is 36.1 Å². The second-order valence-corrected chi connectivity index (χ2v) is 6.15. The average Bonchev–Trinajstić information content (AvgIpc) is 2.38. The Hall–Kier alpha value is -1.51. The summed E-state index contributed by atoms with van der Waals surface area (Å²) in [5.41, 5.74) is 3.49. The molecule has 0 aromatic heterocycles. The van der Waals surface area contributed by atoms with Crippen molar-refractivity contribution in [3.05, 3.63) is 28.3 Å². The quantitative estimate of drug-likeness (QED) is 0.913. The van der Waals surface area contributed by atoms with Crippen molar-refractivity contribution in [2.24, 2.45) is 5.92 Å². The first-order valence-corrected chi connectivity index (χ1v) is 7.33. The van der Waals surface area contributed by atoms with Crippen molar-refractivity contribution in [1.29, 1.82) is 0 Å². The molecule has 1 aliphatic heterocycles. The number of carbonyl (C=O) groups is 1. The Kier molecular flexibility index (Phi) is 3.81. The number of fused-ring (bicyclic) bond motifs is 1. The minimum atomic E-state index is -1.12. The maximum Gasteiger partial charge on any atom is 0.348 e. The van der Waals surface area contributed by atoms with Crippen LogP contribution in [0.3, 0.4) is 0 Å². The van der Waals surface area contributed by atoms with Crippen molar-refractivity contribution in [2.75, 3.05) is 0 Å². The van der Waals surface area contributed by atoms with Gasteiger partial charge in [-0.2, -0.15) is 0 Å². The topological polar surface area (TPSA) is 46.5 Å². The molecule has 0 bridgehead atoms. The van der Waals surface area contributed by atoms with Gasteiger partial charge in [-0.05, 0) is 62.8 Å². The lowest BCUT2D eigenvalue weighted by molar-refractivity contribution is -0.160. The number of rotatable bonds is 3. The lowest BCUT2D eigenvalue weighted by atomic mass is 9.77. The van der Waals surface area contributed by atoms with Gasteiger partial charge in [0.25, 0.3) is 0 Å². The largest absolute Gasteiger partial charge is 0.478 e. The molecule has 3 heteroatoms. The molecule has 0 saturated heterocycles. The van der Waals surface area contributed by atoms with Crippen molar-refractivity contribution >= 4 is 5.97 Å². The summed E-state index contributed by atoms with van der Waals surface area (Å²) in [6.45, 7) is 9.94. The highest BCUT2D eigenvalue weighted by Gasteiger charge is 2.47. The van der Waals surface area contributed by atoms with Gasteiger partial charge in [0.05, 0.1) is 0 Å². The minimum Gasteiger partial charge on any atom is -0.478 e. The number of aryl methyl sites for hydroxylation is 2. The molecular weight excluding hydrogens is 252 g/mol. The van der Waals surface area contributed by atoms with E-state index >= 15 is 0 Å². The van der Waals surface area contributed by atoms with Crippen LogP contribution in [-0.4, -0.2) is 16.7 Å². The molecule has 2 rings (SSSR count). The third kappa shape index (κ3) is 2.19. The Balaban J connectivity index is 2.56. The molecule has 0 radical (unpaired) electrons. The molecule has 1 aliphatic rings. The molecule has 110 valence electrons. The third-order valence-electron chi connectivity index (χ3n) is 4.72. The van der Waals surface area contributed by atoms with Gasteiger partial charge in [0.2, 0.25) is 5.60 Å². The van der Waals surface area contributed by atoms with Crippen LogP contribution in [0.1, 0.15) is 48.9 Å². The number of carboxylic acid groups (broad SMARTS) is 1. The third-order valence-corrected chi connectivity index (χ3v) is 4.72. The fourth-order valence-corrected chi connectivity index (χ4v) is 3.18. The Morgan fingerprint density at radius 2 is 2.05 bits per heavy atom. The number of benzene rings is 1. The van der Waals surface area contributed by atoms with Gasteiger partial charge in [-0.1, -0.05) is 19.4 Å². The van der Waals surface area contributed by atoms with Gasteiger partial charge in [0.15, 0.2) is 0 Å². The molecule has 0 spiro atoms. The Bertz CT molecular complexity index is 548. The van der Waals surface area contributed by atoms with Crippen LogP contribution in [0.25, 0.3) is 0 Å². The van der Waals surface area contributed by atoms with Gasteiger partial charge in [-0.25, -0.2) is 4.79 Å². The summed E-state index contributed by atoms with van der Waals surface area (Å²) in [7, 11) is 0. The zero-order valence-electron chi connectivity index (χ0n) is 13.0. The van der Waals surface area contributed by atoms with Crippen molar-refractivity contribution < 1.29 is 14.6 Å². The molecule has 0 aliphatic carbocycles. The number of hydrogen-bond donors (Lipinski definition) is 1. The molecule has 0 amide bonds. The summed E-state index contributed by atoms with van der Waals surface area (Å²) < 4.78 is 6.04. The summed E-state index contributed by atoms with van der Waals surface area (Å²) in [6, 6.07) is 2.17. The van der Waals surface area contributed by atoms with Crippen LogP contribution in [0.15, 0.2) is 6.07 Å². The number of ether oxygens (including phenoxy) is 1. The van der Waals surface area contributed by atoms with Crippen molar-refractivity contribution in [3.8, 4) is 5.75 Å². The molecular formula is C17H24O3. The first-order valence-electron chi connectivity index (χ1n) is 7.33. The Morgan fingerprint density at radius 3 is 2.60 bits per heavy atom. The van der Waals surface area contributed by atoms with Crippen LogP contribution in [-0.2, 0) is 11.2 Å². The van der Waals surface area contributed by atoms with Crippen LogP contribution < -0.4 is 4.74 Å². The van der Waals surface area contributed by atoms with Crippen molar-refractivity contribution in [2.45, 2.75) is 59.5 Å². The van der Waals surface area contributed by atoms with E-state index in [1.165, 1.54) is 11.1 Å². The maximum absolute atomic E-state index is 11.7. The van der Waals surface area contributed by atoms with Crippen LogP contribution in [0.4, 0.5) is 0 Å². The predicted molar refractivity (Wildman–Crippen MR) is 79.4 cm³/mol. The van der Waals surface area contributed by atoms with Crippen molar-refractivity contribution in [1.82, 2.24) is 0 Å². The van der Waals surface area contributed by atoms with Gasteiger partial charge in [0, 0.05) is 5.92 Å². The van der Waals surface area contributed by atoms with Crippen molar-refractivity contribution in [3.63, 3.8) is 0 Å². The monoisotopic (exact) mass is 276 g/mol. The summed E-state index contributed by atoms with van der Waals surface area (Å²) in [5.74, 6) is -0.0433. The van der Waals surface area contributed by atoms with E-state index in [1.807, 2.05) is 13.8 Å². The Labute approximate surface area is 121 Å². The fraction of sp³-hybridized carbons (Fsp3) is 0.588. The Morgan fingerprint density at radius 1 is 1.40 bits per heavy atom. The smallest absolute Gasteiger partial charge is 0.348 e. The van der Waals surface area contributed by atoms with E-state index in [2.05, 4.69) is 19.9 Å². The van der Waals surface area contributed by atoms with Gasteiger partial charge in [0.1, 0.15) is 5.75 Å². The summed E-state index contributed by atoms with van der Waals surface area (Å²) in [6.07, 6.45) is 2.63. The van der Waals surface area contributed by atoms with Gasteiger partial charge in [-0.3, -0.25) is 0 Å². The molecule has 2 unspecified atom stereocenters. The first-order chi connectivity index (χ1) is 9.31. The predicted octanol–water partition coefficient (Wildman–Crippen LogP) is 3.81. The highest BCUT2D eigenvalue weighted by molar-refractivity contribution is 5.79. The number of hydrogen-bond acceptors (Lipinski definition) is 2. The minimum absolute atomic E-state index is 0.0262. The molecule has 1 N–H and O–H groups in total. The van der Waals surface area contributed by atoms with Crippen LogP contribution in [0, 0.1) is 26.7 Å². The summed E-state index contributed by atoms with van der Waals surface area (Å²) in [5, 5.41) is 9.62. The lowest BCUT2D eigenvalue weighted by Gasteiger charge is -2.40. The van der Waals surface area contributed by atoms with E-state index < -0.39 is 11.6 Å². The van der Waals surface area contributed by atoms with Gasteiger partial charge >= 0.3 is 5.97 Å². The fourth-order valence-electron chi connectivity index (χ4n) is 3.18. The van der Waals surface area contributed by atoms with E-state index in [-0.39, 0.29) is 5.92 Å². The second kappa shape index (κ2) is 5.12. The second-order valence-electron chi connectivity index (χ2n) is 6.15. The van der Waals surface area contributed by atoms with Crippen LogP contribution in [0.2, 0.25) is 0 Å². The molecule has 2 atom stereocenters. The van der Waals surface area contributed by atoms with E-state index in [1.54, 1.807) is 6.92 Å². The zero-order valence-corrected chi connectivity index (χ0v) is 13.0. The van der Waals surface area contributed by atoms with Gasteiger partial charge < -0.3 is 9.84 Å². The molecule has 1 heterocycles. The van der Waals surface area contributed by atoms with E-state index in [0.29, 0.717) is 0 Å². The van der Waals surface area contributed by atoms with Crippen LogP contribution in [0.5, 0.6) is 5.75 Å². The van der Waals surface area contributed by atoms with Gasteiger partial charge in [-0.15, -0.1) is 0 Å². The summed E-state index contributed by atoms with van der Waals surface area (Å²) >= 11 is 0. The molecule has 1 aromatic rings. The maximum atomic E-state index is 11.7.